The third-order valence-corrected chi connectivity index (χ3v) is 4.60. The third kappa shape index (κ3) is 5.49. The molecule has 5 nitrogen and oxygen atoms in total. The molecule has 0 spiro atoms. The molecule has 0 bridgehead atoms. The number of β-amino-alcohol motifs (C(OH)–C–C–N with tert-alkyl or cyclic N) is 1. The fourth-order valence-electron chi connectivity index (χ4n) is 3.13. The molecule has 2 rings (SSSR count). The summed E-state index contributed by atoms with van der Waals surface area (Å²) in [5, 5.41) is 13.5. The smallest absolute Gasteiger partial charge is 0.222 e. The molecule has 1 aliphatic heterocycles. The summed E-state index contributed by atoms with van der Waals surface area (Å²) >= 11 is 0. The standard InChI is InChI=1S/C19H30N2O3/c1-14(2)19(23)20-11-15-6-5-9-21(12-15)13-18(22)16-7-4-8-17(10-16)24-3/h4,7-8,10,14-15,18,22H,5-6,9,11-13H2,1-3H3,(H,20,23). The first kappa shape index (κ1) is 18.7. The lowest BCUT2D eigenvalue weighted by Crippen LogP contribution is -2.43. The Hall–Kier alpha value is -1.59. The number of nitrogens with zero attached hydrogens (tertiary/aromatic N) is 1. The number of benzene rings is 1. The van der Waals surface area contributed by atoms with Gasteiger partial charge in [0.2, 0.25) is 5.91 Å². The van der Waals surface area contributed by atoms with Crippen LogP contribution in [0.25, 0.3) is 0 Å². The van der Waals surface area contributed by atoms with Gasteiger partial charge in [-0.3, -0.25) is 4.79 Å². The fraction of sp³-hybridized carbons (Fsp3) is 0.632. The Morgan fingerprint density at radius 2 is 2.25 bits per heavy atom. The Morgan fingerprint density at radius 1 is 1.46 bits per heavy atom. The van der Waals surface area contributed by atoms with Crippen molar-refractivity contribution in [3.8, 4) is 5.75 Å². The van der Waals surface area contributed by atoms with Crippen molar-refractivity contribution in [2.75, 3.05) is 33.3 Å². The van der Waals surface area contributed by atoms with Gasteiger partial charge >= 0.3 is 0 Å². The lowest BCUT2D eigenvalue weighted by atomic mass is 9.97. The molecule has 1 saturated heterocycles. The van der Waals surface area contributed by atoms with E-state index in [4.69, 9.17) is 4.74 Å². The number of likely N-dealkylation sites (tertiary alicyclic amines) is 1. The molecule has 134 valence electrons. The lowest BCUT2D eigenvalue weighted by Gasteiger charge is -2.34. The highest BCUT2D eigenvalue weighted by atomic mass is 16.5. The van der Waals surface area contributed by atoms with Gasteiger partial charge in [-0.2, -0.15) is 0 Å². The second-order valence-corrected chi connectivity index (χ2v) is 6.96. The first-order valence-electron chi connectivity index (χ1n) is 8.81. The van der Waals surface area contributed by atoms with Crippen molar-refractivity contribution in [1.29, 1.82) is 0 Å². The highest BCUT2D eigenvalue weighted by Gasteiger charge is 2.23. The van der Waals surface area contributed by atoms with E-state index in [-0.39, 0.29) is 11.8 Å². The summed E-state index contributed by atoms with van der Waals surface area (Å²) in [5.74, 6) is 1.36. The van der Waals surface area contributed by atoms with E-state index in [0.717, 1.165) is 43.8 Å². The van der Waals surface area contributed by atoms with E-state index in [1.165, 1.54) is 0 Å². The zero-order valence-electron chi connectivity index (χ0n) is 15.0. The number of rotatable bonds is 7. The van der Waals surface area contributed by atoms with Crippen LogP contribution < -0.4 is 10.1 Å². The number of ether oxygens (including phenoxy) is 1. The van der Waals surface area contributed by atoms with Crippen molar-refractivity contribution in [3.05, 3.63) is 29.8 Å². The van der Waals surface area contributed by atoms with Gasteiger partial charge in [0.1, 0.15) is 5.75 Å². The number of aliphatic hydroxyl groups excluding tert-OH is 1. The number of amides is 1. The van der Waals surface area contributed by atoms with E-state index >= 15 is 0 Å². The first-order chi connectivity index (χ1) is 11.5. The van der Waals surface area contributed by atoms with E-state index in [1.54, 1.807) is 7.11 Å². The number of nitrogens with one attached hydrogen (secondary N) is 1. The second-order valence-electron chi connectivity index (χ2n) is 6.96. The van der Waals surface area contributed by atoms with Gasteiger partial charge in [0.05, 0.1) is 13.2 Å². The molecule has 2 N–H and O–H groups in total. The number of hydrogen-bond acceptors (Lipinski definition) is 4. The molecule has 0 radical (unpaired) electrons. The van der Waals surface area contributed by atoms with Gasteiger partial charge in [-0.25, -0.2) is 0 Å². The Kier molecular flexibility index (Phi) is 7.06. The van der Waals surface area contributed by atoms with Crippen molar-refractivity contribution >= 4 is 5.91 Å². The zero-order valence-corrected chi connectivity index (χ0v) is 15.0. The Labute approximate surface area is 145 Å². The number of hydrogen-bond donors (Lipinski definition) is 2. The third-order valence-electron chi connectivity index (χ3n) is 4.60. The number of methoxy groups -OCH3 is 1. The molecule has 24 heavy (non-hydrogen) atoms. The van der Waals surface area contributed by atoms with Crippen LogP contribution in [-0.2, 0) is 4.79 Å². The van der Waals surface area contributed by atoms with Gasteiger partial charge in [-0.05, 0) is 43.0 Å². The molecule has 1 aliphatic rings. The fourth-order valence-corrected chi connectivity index (χ4v) is 3.13. The molecule has 5 heteroatoms. The van der Waals surface area contributed by atoms with Crippen LogP contribution in [0.3, 0.4) is 0 Å². The Balaban J connectivity index is 1.84. The number of aliphatic hydroxyl groups is 1. The molecule has 1 aromatic carbocycles. The Morgan fingerprint density at radius 3 is 2.96 bits per heavy atom. The quantitative estimate of drug-likeness (QED) is 0.803. The van der Waals surface area contributed by atoms with Crippen molar-refractivity contribution < 1.29 is 14.6 Å². The summed E-state index contributed by atoms with van der Waals surface area (Å²) in [5.41, 5.74) is 0.879. The molecular weight excluding hydrogens is 304 g/mol. The minimum absolute atomic E-state index is 0.0274. The SMILES string of the molecule is COc1cccc(C(O)CN2CCCC(CNC(=O)C(C)C)C2)c1. The normalized spacial score (nSPS) is 20.0. The molecule has 2 unspecified atom stereocenters. The summed E-state index contributed by atoms with van der Waals surface area (Å²) < 4.78 is 5.22. The van der Waals surface area contributed by atoms with E-state index in [2.05, 4.69) is 10.2 Å². The topological polar surface area (TPSA) is 61.8 Å². The predicted molar refractivity (Wildman–Crippen MR) is 95.0 cm³/mol. The maximum atomic E-state index is 11.7. The van der Waals surface area contributed by atoms with Crippen LogP contribution in [0.5, 0.6) is 5.75 Å². The van der Waals surface area contributed by atoms with Crippen LogP contribution in [0.15, 0.2) is 24.3 Å². The van der Waals surface area contributed by atoms with Crippen molar-refractivity contribution in [2.45, 2.75) is 32.8 Å². The molecular formula is C19H30N2O3. The van der Waals surface area contributed by atoms with E-state index in [1.807, 2.05) is 38.1 Å². The van der Waals surface area contributed by atoms with Crippen LogP contribution in [-0.4, -0.2) is 49.2 Å². The summed E-state index contributed by atoms with van der Waals surface area (Å²) in [7, 11) is 1.63. The van der Waals surface area contributed by atoms with E-state index < -0.39 is 6.10 Å². The summed E-state index contributed by atoms with van der Waals surface area (Å²) in [6.45, 7) is 7.07. The van der Waals surface area contributed by atoms with Gasteiger partial charge in [0.25, 0.3) is 0 Å². The van der Waals surface area contributed by atoms with Gasteiger partial charge in [-0.1, -0.05) is 26.0 Å². The van der Waals surface area contributed by atoms with Crippen LogP contribution in [0.4, 0.5) is 0 Å². The minimum Gasteiger partial charge on any atom is -0.497 e. The average Bonchev–Trinajstić information content (AvgIpc) is 2.59. The molecule has 1 amide bonds. The number of piperidine rings is 1. The van der Waals surface area contributed by atoms with Crippen LogP contribution in [0, 0.1) is 11.8 Å². The van der Waals surface area contributed by atoms with Crippen LogP contribution in [0.1, 0.15) is 38.4 Å². The van der Waals surface area contributed by atoms with Gasteiger partial charge in [0, 0.05) is 25.6 Å². The molecule has 1 fully saturated rings. The van der Waals surface area contributed by atoms with Gasteiger partial charge < -0.3 is 20.1 Å². The van der Waals surface area contributed by atoms with E-state index in [9.17, 15) is 9.90 Å². The van der Waals surface area contributed by atoms with Gasteiger partial charge in [0.15, 0.2) is 0 Å². The van der Waals surface area contributed by atoms with Crippen molar-refractivity contribution in [1.82, 2.24) is 10.2 Å². The van der Waals surface area contributed by atoms with Crippen LogP contribution >= 0.6 is 0 Å². The lowest BCUT2D eigenvalue weighted by molar-refractivity contribution is -0.124. The van der Waals surface area contributed by atoms with Gasteiger partial charge in [-0.15, -0.1) is 0 Å². The molecule has 2 atom stereocenters. The minimum atomic E-state index is -0.524. The summed E-state index contributed by atoms with van der Waals surface area (Å²) in [6, 6.07) is 7.59. The highest BCUT2D eigenvalue weighted by molar-refractivity contribution is 5.77. The largest absolute Gasteiger partial charge is 0.497 e. The molecule has 0 aromatic heterocycles. The Bertz CT molecular complexity index is 533. The first-order valence-corrected chi connectivity index (χ1v) is 8.81. The molecule has 1 aromatic rings. The zero-order chi connectivity index (χ0) is 17.5. The maximum absolute atomic E-state index is 11.7. The van der Waals surface area contributed by atoms with Crippen molar-refractivity contribution in [3.63, 3.8) is 0 Å². The molecule has 0 aliphatic carbocycles. The van der Waals surface area contributed by atoms with Crippen molar-refractivity contribution in [2.24, 2.45) is 11.8 Å². The predicted octanol–water partition coefficient (Wildman–Crippen LogP) is 2.21. The second kappa shape index (κ2) is 9.04. The highest BCUT2D eigenvalue weighted by Crippen LogP contribution is 2.22. The summed E-state index contributed by atoms with van der Waals surface area (Å²) in [4.78, 5) is 14.0. The average molecular weight is 334 g/mol. The number of carbonyl (C=O) groups is 1. The maximum Gasteiger partial charge on any atom is 0.222 e. The number of carbonyl (C=O) groups excluding carboxylic acids is 1. The summed E-state index contributed by atoms with van der Waals surface area (Å²) in [6.07, 6.45) is 1.71. The molecule has 1 heterocycles. The molecule has 0 saturated carbocycles. The monoisotopic (exact) mass is 334 g/mol. The van der Waals surface area contributed by atoms with E-state index in [0.29, 0.717) is 12.5 Å². The van der Waals surface area contributed by atoms with Crippen LogP contribution in [0.2, 0.25) is 0 Å².